The van der Waals surface area contributed by atoms with Gasteiger partial charge >= 0.3 is 0 Å². The lowest BCUT2D eigenvalue weighted by Crippen LogP contribution is -2.51. The van der Waals surface area contributed by atoms with Crippen LogP contribution < -0.4 is 10.1 Å². The van der Waals surface area contributed by atoms with Gasteiger partial charge in [-0.1, -0.05) is 85.1 Å². The van der Waals surface area contributed by atoms with Crippen molar-refractivity contribution in [1.82, 2.24) is 10.2 Å². The number of nitrogens with one attached hydrogen (secondary N) is 1. The first-order valence-corrected chi connectivity index (χ1v) is 12.8. The van der Waals surface area contributed by atoms with Crippen LogP contribution in [0.2, 0.25) is 5.02 Å². The molecule has 0 aliphatic rings. The predicted molar refractivity (Wildman–Crippen MR) is 145 cm³/mol. The lowest BCUT2D eigenvalue weighted by atomic mass is 10.0. The van der Waals surface area contributed by atoms with Gasteiger partial charge in [0, 0.05) is 24.5 Å². The molecule has 3 aromatic rings. The molecule has 0 aromatic heterocycles. The lowest BCUT2D eigenvalue weighted by molar-refractivity contribution is -0.142. The van der Waals surface area contributed by atoms with Crippen LogP contribution in [0.15, 0.2) is 72.8 Å². The number of aryl methyl sites for hydroxylation is 2. The van der Waals surface area contributed by atoms with E-state index in [1.54, 1.807) is 23.1 Å². The highest BCUT2D eigenvalue weighted by Crippen LogP contribution is 2.22. The van der Waals surface area contributed by atoms with Crippen LogP contribution in [-0.2, 0) is 22.6 Å². The summed E-state index contributed by atoms with van der Waals surface area (Å²) in [7, 11) is 0. The summed E-state index contributed by atoms with van der Waals surface area (Å²) in [6.07, 6.45) is 2.27. The maximum Gasteiger partial charge on any atom is 0.261 e. The molecule has 0 saturated carbocycles. The molecule has 0 aliphatic heterocycles. The fourth-order valence-electron chi connectivity index (χ4n) is 3.89. The molecule has 0 saturated heterocycles. The van der Waals surface area contributed by atoms with E-state index in [1.165, 1.54) is 0 Å². The van der Waals surface area contributed by atoms with Crippen LogP contribution in [0.4, 0.5) is 0 Å². The number of halogens is 1. The molecule has 0 bridgehead atoms. The highest BCUT2D eigenvalue weighted by atomic mass is 35.5. The minimum Gasteiger partial charge on any atom is -0.484 e. The highest BCUT2D eigenvalue weighted by Gasteiger charge is 2.30. The summed E-state index contributed by atoms with van der Waals surface area (Å²) in [5, 5.41) is 3.67. The van der Waals surface area contributed by atoms with Gasteiger partial charge in [-0.05, 0) is 55.2 Å². The van der Waals surface area contributed by atoms with Crippen molar-refractivity contribution >= 4 is 23.4 Å². The topological polar surface area (TPSA) is 58.6 Å². The number of ether oxygens (including phenoxy) is 1. The van der Waals surface area contributed by atoms with Crippen molar-refractivity contribution < 1.29 is 14.3 Å². The first-order valence-electron chi connectivity index (χ1n) is 12.4. The predicted octanol–water partition coefficient (Wildman–Crippen LogP) is 5.89. The van der Waals surface area contributed by atoms with E-state index in [4.69, 9.17) is 16.3 Å². The number of amides is 2. The van der Waals surface area contributed by atoms with Crippen LogP contribution in [0.5, 0.6) is 5.75 Å². The molecule has 5 nitrogen and oxygen atoms in total. The Kier molecular flexibility index (Phi) is 10.4. The Morgan fingerprint density at radius 3 is 2.36 bits per heavy atom. The Bertz CT molecular complexity index is 1130. The first-order chi connectivity index (χ1) is 17.4. The number of nitrogens with zero attached hydrogens (tertiary/aromatic N) is 1. The molecule has 0 aliphatic carbocycles. The van der Waals surface area contributed by atoms with Crippen LogP contribution >= 0.6 is 11.6 Å². The highest BCUT2D eigenvalue weighted by molar-refractivity contribution is 6.31. The number of hydrogen-bond acceptors (Lipinski definition) is 3. The molecular weight excluding hydrogens is 472 g/mol. The molecule has 190 valence electrons. The first kappa shape index (κ1) is 27.3. The van der Waals surface area contributed by atoms with Crippen LogP contribution in [0.1, 0.15) is 42.0 Å². The Hall–Kier alpha value is -3.31. The largest absolute Gasteiger partial charge is 0.484 e. The number of unbranched alkanes of at least 4 members (excludes halogenated alkanes) is 1. The Morgan fingerprint density at radius 1 is 0.972 bits per heavy atom. The van der Waals surface area contributed by atoms with Gasteiger partial charge in [0.2, 0.25) is 5.91 Å². The standard InChI is InChI=1S/C30H35ClN2O3/c1-4-5-17-32-30(35)28(19-24-9-7-6-8-10-24)33(20-25-13-11-22(2)12-14-25)29(34)21-36-26-15-16-27(31)23(3)18-26/h6-16,18,28H,4-5,17,19-21H2,1-3H3,(H,32,35)/t28-/m1/s1. The maximum absolute atomic E-state index is 13.6. The van der Waals surface area contributed by atoms with Crippen molar-refractivity contribution in [3.8, 4) is 5.75 Å². The molecule has 1 N–H and O–H groups in total. The second-order valence-corrected chi connectivity index (χ2v) is 9.46. The monoisotopic (exact) mass is 506 g/mol. The van der Waals surface area contributed by atoms with Crippen molar-refractivity contribution in [2.75, 3.05) is 13.2 Å². The van der Waals surface area contributed by atoms with E-state index in [0.29, 0.717) is 30.3 Å². The fourth-order valence-corrected chi connectivity index (χ4v) is 4.00. The fraction of sp³-hybridized carbons (Fsp3) is 0.333. The summed E-state index contributed by atoms with van der Waals surface area (Å²) >= 11 is 6.13. The van der Waals surface area contributed by atoms with Gasteiger partial charge in [0.25, 0.3) is 5.91 Å². The summed E-state index contributed by atoms with van der Waals surface area (Å²) in [4.78, 5) is 28.6. The number of carbonyl (C=O) groups is 2. The molecule has 3 rings (SSSR count). The average molecular weight is 507 g/mol. The molecular formula is C30H35ClN2O3. The third kappa shape index (κ3) is 8.13. The van der Waals surface area contributed by atoms with Crippen molar-refractivity contribution in [3.63, 3.8) is 0 Å². The van der Waals surface area contributed by atoms with Crippen LogP contribution in [0.25, 0.3) is 0 Å². The van der Waals surface area contributed by atoms with E-state index in [1.807, 2.05) is 68.4 Å². The quantitative estimate of drug-likeness (QED) is 0.311. The molecule has 0 radical (unpaired) electrons. The van der Waals surface area contributed by atoms with Gasteiger partial charge in [0.1, 0.15) is 11.8 Å². The molecule has 6 heteroatoms. The van der Waals surface area contributed by atoms with Gasteiger partial charge in [-0.3, -0.25) is 9.59 Å². The second-order valence-electron chi connectivity index (χ2n) is 9.06. The Labute approximate surface area is 219 Å². The van der Waals surface area contributed by atoms with E-state index in [9.17, 15) is 9.59 Å². The molecule has 36 heavy (non-hydrogen) atoms. The molecule has 1 atom stereocenters. The van der Waals surface area contributed by atoms with Crippen molar-refractivity contribution in [2.24, 2.45) is 0 Å². The van der Waals surface area contributed by atoms with Gasteiger partial charge in [0.05, 0.1) is 0 Å². The average Bonchev–Trinajstić information content (AvgIpc) is 2.88. The van der Waals surface area contributed by atoms with Gasteiger partial charge in [-0.2, -0.15) is 0 Å². The molecule has 0 unspecified atom stereocenters. The Balaban J connectivity index is 1.88. The number of benzene rings is 3. The second kappa shape index (κ2) is 13.7. The third-order valence-electron chi connectivity index (χ3n) is 6.07. The maximum atomic E-state index is 13.6. The van der Waals surface area contributed by atoms with Crippen molar-refractivity contribution in [1.29, 1.82) is 0 Å². The van der Waals surface area contributed by atoms with E-state index < -0.39 is 6.04 Å². The van der Waals surface area contributed by atoms with E-state index in [2.05, 4.69) is 12.2 Å². The summed E-state index contributed by atoms with van der Waals surface area (Å²) in [6.45, 7) is 6.69. The number of carbonyl (C=O) groups excluding carboxylic acids is 2. The van der Waals surface area contributed by atoms with Gasteiger partial charge in [-0.15, -0.1) is 0 Å². The van der Waals surface area contributed by atoms with Gasteiger partial charge in [-0.25, -0.2) is 0 Å². The zero-order valence-corrected chi connectivity index (χ0v) is 22.1. The zero-order chi connectivity index (χ0) is 25.9. The molecule has 3 aromatic carbocycles. The summed E-state index contributed by atoms with van der Waals surface area (Å²) in [5.74, 6) is 0.150. The van der Waals surface area contributed by atoms with Crippen molar-refractivity contribution in [2.45, 2.75) is 52.6 Å². The molecule has 2 amide bonds. The smallest absolute Gasteiger partial charge is 0.261 e. The van der Waals surface area contributed by atoms with Crippen LogP contribution in [-0.4, -0.2) is 35.9 Å². The number of rotatable bonds is 12. The number of hydrogen-bond donors (Lipinski definition) is 1. The van der Waals surface area contributed by atoms with Crippen LogP contribution in [0, 0.1) is 13.8 Å². The van der Waals surface area contributed by atoms with Gasteiger partial charge in [0.15, 0.2) is 6.61 Å². The molecule has 0 fully saturated rings. The minimum atomic E-state index is -0.673. The third-order valence-corrected chi connectivity index (χ3v) is 6.49. The van der Waals surface area contributed by atoms with Gasteiger partial charge < -0.3 is 15.0 Å². The van der Waals surface area contributed by atoms with Crippen LogP contribution in [0.3, 0.4) is 0 Å². The summed E-state index contributed by atoms with van der Waals surface area (Å²) in [6, 6.07) is 22.4. The lowest BCUT2D eigenvalue weighted by Gasteiger charge is -2.31. The summed E-state index contributed by atoms with van der Waals surface area (Å²) in [5.41, 5.74) is 3.95. The molecule has 0 heterocycles. The van der Waals surface area contributed by atoms with E-state index >= 15 is 0 Å². The van der Waals surface area contributed by atoms with E-state index in [0.717, 1.165) is 35.1 Å². The zero-order valence-electron chi connectivity index (χ0n) is 21.3. The normalized spacial score (nSPS) is 11.6. The SMILES string of the molecule is CCCCNC(=O)[C@@H](Cc1ccccc1)N(Cc1ccc(C)cc1)C(=O)COc1ccc(Cl)c(C)c1. The molecule has 0 spiro atoms. The van der Waals surface area contributed by atoms with Crippen molar-refractivity contribution in [3.05, 3.63) is 100 Å². The summed E-state index contributed by atoms with van der Waals surface area (Å²) < 4.78 is 5.84. The van der Waals surface area contributed by atoms with E-state index in [-0.39, 0.29) is 18.4 Å². The Morgan fingerprint density at radius 2 is 1.69 bits per heavy atom. The minimum absolute atomic E-state index is 0.157.